The first-order chi connectivity index (χ1) is 5.93. The summed E-state index contributed by atoms with van der Waals surface area (Å²) in [5, 5.41) is 0. The number of hydrogen-bond acceptors (Lipinski definition) is 2. The molecule has 0 saturated carbocycles. The molecule has 0 aromatic rings. The lowest BCUT2D eigenvalue weighted by atomic mass is 9.93. The van der Waals surface area contributed by atoms with Gasteiger partial charge < -0.3 is 8.85 Å². The molecule has 0 rings (SSSR count). The quantitative estimate of drug-likeness (QED) is 0.640. The van der Waals surface area contributed by atoms with Crippen molar-refractivity contribution >= 4 is 9.28 Å². The van der Waals surface area contributed by atoms with Gasteiger partial charge in [-0.1, -0.05) is 27.7 Å². The van der Waals surface area contributed by atoms with Gasteiger partial charge in [0.15, 0.2) is 0 Å². The summed E-state index contributed by atoms with van der Waals surface area (Å²) in [4.78, 5) is 0. The van der Waals surface area contributed by atoms with Crippen LogP contribution in [-0.2, 0) is 8.85 Å². The van der Waals surface area contributed by atoms with Gasteiger partial charge in [-0.2, -0.15) is 0 Å². The zero-order chi connectivity index (χ0) is 10.5. The Morgan fingerprint density at radius 3 is 1.69 bits per heavy atom. The molecule has 0 spiro atoms. The van der Waals surface area contributed by atoms with Crippen molar-refractivity contribution in [2.75, 3.05) is 13.2 Å². The van der Waals surface area contributed by atoms with Crippen LogP contribution in [0.25, 0.3) is 0 Å². The minimum absolute atomic E-state index is 0.276. The van der Waals surface area contributed by atoms with E-state index in [9.17, 15) is 0 Å². The lowest BCUT2D eigenvalue weighted by Crippen LogP contribution is -2.34. The molecule has 2 nitrogen and oxygen atoms in total. The smallest absolute Gasteiger partial charge is 0.388 e. The Morgan fingerprint density at radius 2 is 1.46 bits per heavy atom. The van der Waals surface area contributed by atoms with Crippen LogP contribution in [0.15, 0.2) is 0 Å². The average molecular weight is 203 g/mol. The molecule has 79 valence electrons. The van der Waals surface area contributed by atoms with Gasteiger partial charge in [0, 0.05) is 18.8 Å². The van der Waals surface area contributed by atoms with Crippen LogP contribution in [0.2, 0.25) is 5.54 Å². The van der Waals surface area contributed by atoms with Gasteiger partial charge in [-0.05, 0) is 19.3 Å². The molecule has 0 N–H and O–H groups in total. The summed E-state index contributed by atoms with van der Waals surface area (Å²) in [7, 11) is -1.08. The molecule has 0 aromatic carbocycles. The maximum Gasteiger partial charge on any atom is 0.388 e. The first kappa shape index (κ1) is 13.1. The Balaban J connectivity index is 4.18. The van der Waals surface area contributed by atoms with E-state index in [1.807, 2.05) is 13.8 Å². The molecular weight excluding hydrogens is 180 g/mol. The fourth-order valence-corrected chi connectivity index (χ4v) is 2.79. The van der Waals surface area contributed by atoms with Crippen LogP contribution in [0.1, 0.15) is 41.5 Å². The summed E-state index contributed by atoms with van der Waals surface area (Å²) in [5.41, 5.74) is 0.788. The molecule has 0 aromatic heterocycles. The van der Waals surface area contributed by atoms with Gasteiger partial charge in [0.25, 0.3) is 0 Å². The average Bonchev–Trinajstić information content (AvgIpc) is 2.01. The first-order valence-corrected chi connectivity index (χ1v) is 6.45. The molecule has 0 aliphatic heterocycles. The van der Waals surface area contributed by atoms with Crippen LogP contribution >= 0.6 is 0 Å². The van der Waals surface area contributed by atoms with E-state index >= 15 is 0 Å². The molecule has 0 amide bonds. The summed E-state index contributed by atoms with van der Waals surface area (Å²) in [6.45, 7) is 14.5. The Morgan fingerprint density at radius 1 is 1.08 bits per heavy atom. The molecule has 0 saturated heterocycles. The molecule has 1 unspecified atom stereocenters. The van der Waals surface area contributed by atoms with E-state index in [-0.39, 0.29) is 5.41 Å². The summed E-state index contributed by atoms with van der Waals surface area (Å²) in [6, 6.07) is 0. The van der Waals surface area contributed by atoms with Gasteiger partial charge in [-0.25, -0.2) is 0 Å². The number of hydrogen-bond donors (Lipinski definition) is 0. The highest BCUT2D eigenvalue weighted by atomic mass is 28.3. The van der Waals surface area contributed by atoms with Crippen molar-refractivity contribution in [3.63, 3.8) is 0 Å². The maximum absolute atomic E-state index is 5.65. The molecule has 0 aliphatic carbocycles. The third-order valence-electron chi connectivity index (χ3n) is 2.23. The highest BCUT2D eigenvalue weighted by Crippen LogP contribution is 2.33. The van der Waals surface area contributed by atoms with Crippen molar-refractivity contribution in [2.45, 2.75) is 47.1 Å². The molecule has 3 heteroatoms. The van der Waals surface area contributed by atoms with Crippen LogP contribution in [0.4, 0.5) is 0 Å². The second-order valence-electron chi connectivity index (χ2n) is 4.27. The zero-order valence-electron chi connectivity index (χ0n) is 9.81. The zero-order valence-corrected chi connectivity index (χ0v) is 10.8. The van der Waals surface area contributed by atoms with Crippen molar-refractivity contribution in [3.05, 3.63) is 0 Å². The third-order valence-corrected chi connectivity index (χ3v) is 4.95. The summed E-state index contributed by atoms with van der Waals surface area (Å²) in [6.07, 6.45) is 0. The van der Waals surface area contributed by atoms with Crippen molar-refractivity contribution in [3.8, 4) is 0 Å². The maximum atomic E-state index is 5.65. The lowest BCUT2D eigenvalue weighted by molar-refractivity contribution is 0.184. The van der Waals surface area contributed by atoms with E-state index in [2.05, 4.69) is 27.7 Å². The van der Waals surface area contributed by atoms with Crippen LogP contribution in [0, 0.1) is 5.41 Å². The first-order valence-electron chi connectivity index (χ1n) is 5.05. The molecule has 0 bridgehead atoms. The van der Waals surface area contributed by atoms with E-state index < -0.39 is 9.28 Å². The van der Waals surface area contributed by atoms with Gasteiger partial charge in [-0.15, -0.1) is 0 Å². The minimum Gasteiger partial charge on any atom is -0.393 e. The van der Waals surface area contributed by atoms with Crippen molar-refractivity contribution in [1.82, 2.24) is 0 Å². The lowest BCUT2D eigenvalue weighted by Gasteiger charge is -2.30. The Labute approximate surface area is 84.5 Å². The molecule has 0 aliphatic rings. The van der Waals surface area contributed by atoms with Crippen LogP contribution < -0.4 is 0 Å². The van der Waals surface area contributed by atoms with Gasteiger partial charge in [0.1, 0.15) is 0 Å². The SMILES string of the molecule is CCO[Si](OCC)C(C)C(C)(C)C. The molecular formula is C10H23O2Si. The fourth-order valence-electron chi connectivity index (χ4n) is 0.930. The largest absolute Gasteiger partial charge is 0.393 e. The van der Waals surface area contributed by atoms with E-state index in [4.69, 9.17) is 8.85 Å². The fraction of sp³-hybridized carbons (Fsp3) is 1.00. The van der Waals surface area contributed by atoms with E-state index in [0.29, 0.717) is 5.54 Å². The van der Waals surface area contributed by atoms with Crippen molar-refractivity contribution < 1.29 is 8.85 Å². The van der Waals surface area contributed by atoms with Crippen LogP contribution in [0.3, 0.4) is 0 Å². The van der Waals surface area contributed by atoms with E-state index in [0.717, 1.165) is 13.2 Å². The van der Waals surface area contributed by atoms with Crippen LogP contribution in [0.5, 0.6) is 0 Å². The molecule has 13 heavy (non-hydrogen) atoms. The normalized spacial score (nSPS) is 15.0. The van der Waals surface area contributed by atoms with Gasteiger partial charge in [0.05, 0.1) is 0 Å². The third kappa shape index (κ3) is 4.79. The Kier molecular flexibility index (Phi) is 5.84. The Bertz CT molecular complexity index is 125. The minimum atomic E-state index is -1.08. The van der Waals surface area contributed by atoms with E-state index in [1.165, 1.54) is 0 Å². The van der Waals surface area contributed by atoms with Crippen molar-refractivity contribution in [1.29, 1.82) is 0 Å². The molecule has 0 heterocycles. The van der Waals surface area contributed by atoms with Crippen molar-refractivity contribution in [2.24, 2.45) is 5.41 Å². The number of rotatable bonds is 5. The standard InChI is InChI=1S/C10H23O2Si/c1-7-11-13(12-8-2)9(3)10(4,5)6/h9H,7-8H2,1-6H3. The molecule has 0 fully saturated rings. The molecule has 1 radical (unpaired) electrons. The topological polar surface area (TPSA) is 18.5 Å². The predicted molar refractivity (Wildman–Crippen MR) is 57.9 cm³/mol. The van der Waals surface area contributed by atoms with Gasteiger partial charge in [0.2, 0.25) is 0 Å². The van der Waals surface area contributed by atoms with Gasteiger partial charge >= 0.3 is 9.28 Å². The predicted octanol–water partition coefficient (Wildman–Crippen LogP) is 2.98. The highest BCUT2D eigenvalue weighted by Gasteiger charge is 2.33. The second-order valence-corrected chi connectivity index (χ2v) is 6.35. The summed E-state index contributed by atoms with van der Waals surface area (Å²) in [5.74, 6) is 0. The second kappa shape index (κ2) is 5.78. The summed E-state index contributed by atoms with van der Waals surface area (Å²) < 4.78 is 11.3. The molecule has 1 atom stereocenters. The van der Waals surface area contributed by atoms with E-state index in [1.54, 1.807) is 0 Å². The Hall–Kier alpha value is 0.137. The monoisotopic (exact) mass is 203 g/mol. The highest BCUT2D eigenvalue weighted by molar-refractivity contribution is 6.46. The van der Waals surface area contributed by atoms with Gasteiger partial charge in [-0.3, -0.25) is 0 Å². The van der Waals surface area contributed by atoms with Crippen LogP contribution in [-0.4, -0.2) is 22.5 Å². The summed E-state index contributed by atoms with van der Waals surface area (Å²) >= 11 is 0.